The van der Waals surface area contributed by atoms with Gasteiger partial charge in [0.05, 0.1) is 6.21 Å². The van der Waals surface area contributed by atoms with Crippen molar-refractivity contribution in [1.82, 2.24) is 5.43 Å². The number of fused-ring (bicyclic) bond motifs is 2. The summed E-state index contributed by atoms with van der Waals surface area (Å²) < 4.78 is 11.6. The van der Waals surface area contributed by atoms with E-state index < -0.39 is 6.10 Å². The van der Waals surface area contributed by atoms with Crippen LogP contribution in [0, 0.1) is 0 Å². The Morgan fingerprint density at radius 3 is 2.34 bits per heavy atom. The van der Waals surface area contributed by atoms with Crippen molar-refractivity contribution in [3.8, 4) is 11.5 Å². The predicted octanol–water partition coefficient (Wildman–Crippen LogP) is 4.76. The summed E-state index contributed by atoms with van der Waals surface area (Å²) >= 11 is 0. The van der Waals surface area contributed by atoms with Crippen LogP contribution in [0.4, 0.5) is 5.69 Å². The number of carbonyl (C=O) groups excluding carboxylic acids is 1. The number of benzene rings is 3. The molecule has 0 fully saturated rings. The fourth-order valence-corrected chi connectivity index (χ4v) is 3.81. The minimum atomic E-state index is -0.750. The smallest absolute Gasteiger partial charge is 0.284 e. The molecule has 1 aliphatic rings. The molecule has 1 amide bonds. The van der Waals surface area contributed by atoms with E-state index in [0.717, 1.165) is 42.3 Å². The molecule has 0 saturated heterocycles. The zero-order valence-electron chi connectivity index (χ0n) is 18.6. The molecule has 32 heavy (non-hydrogen) atoms. The predicted molar refractivity (Wildman–Crippen MR) is 129 cm³/mol. The molecule has 0 aliphatic carbocycles. The van der Waals surface area contributed by atoms with E-state index in [-0.39, 0.29) is 12.5 Å². The molecule has 4 rings (SSSR count). The van der Waals surface area contributed by atoms with Crippen LogP contribution in [0.2, 0.25) is 0 Å². The highest BCUT2D eigenvalue weighted by Gasteiger charge is 2.27. The zero-order chi connectivity index (χ0) is 22.3. The molecule has 0 aromatic heterocycles. The quantitative estimate of drug-likeness (QED) is 0.413. The lowest BCUT2D eigenvalue weighted by Gasteiger charge is -2.25. The Bertz CT molecular complexity index is 1090. The maximum Gasteiger partial charge on any atom is 0.284 e. The maximum absolute atomic E-state index is 12.5. The topological polar surface area (TPSA) is 63.2 Å². The first-order valence-electron chi connectivity index (χ1n) is 11.2. The Morgan fingerprint density at radius 2 is 1.69 bits per heavy atom. The van der Waals surface area contributed by atoms with Crippen LogP contribution in [0.5, 0.6) is 11.5 Å². The van der Waals surface area contributed by atoms with Crippen molar-refractivity contribution in [2.45, 2.75) is 32.8 Å². The average Bonchev–Trinajstić information content (AvgIpc) is 2.82. The van der Waals surface area contributed by atoms with Gasteiger partial charge in [-0.2, -0.15) is 5.10 Å². The van der Waals surface area contributed by atoms with Gasteiger partial charge in [0.2, 0.25) is 6.10 Å². The molecule has 3 aromatic carbocycles. The number of anilines is 1. The molecule has 166 valence electrons. The van der Waals surface area contributed by atoms with Crippen molar-refractivity contribution < 1.29 is 14.3 Å². The Morgan fingerprint density at radius 1 is 1.03 bits per heavy atom. The first-order valence-corrected chi connectivity index (χ1v) is 11.2. The standard InChI is InChI=1S/C26H29N3O3/c1-3-13-29(14-4-2)22-11-9-19(10-12-22)17-27-28-26(30)25-18-31-23-15-20-7-5-6-8-21(20)16-24(23)32-25/h5-12,15-17,25H,3-4,13-14,18H2,1-2H3,(H,28,30). The van der Waals surface area contributed by atoms with E-state index in [1.165, 1.54) is 5.69 Å². The molecule has 1 unspecified atom stereocenters. The summed E-state index contributed by atoms with van der Waals surface area (Å²) in [5, 5.41) is 6.20. The number of hydrogen-bond acceptors (Lipinski definition) is 5. The molecular weight excluding hydrogens is 402 g/mol. The van der Waals surface area contributed by atoms with Crippen molar-refractivity contribution in [2.24, 2.45) is 5.10 Å². The molecule has 1 aliphatic heterocycles. The van der Waals surface area contributed by atoms with Gasteiger partial charge < -0.3 is 14.4 Å². The number of hydrazone groups is 1. The van der Waals surface area contributed by atoms with Gasteiger partial charge in [0.1, 0.15) is 6.61 Å². The summed E-state index contributed by atoms with van der Waals surface area (Å²) in [6.45, 7) is 6.61. The molecular formula is C26H29N3O3. The Labute approximate surface area is 188 Å². The van der Waals surface area contributed by atoms with Gasteiger partial charge >= 0.3 is 0 Å². The van der Waals surface area contributed by atoms with Crippen LogP contribution in [0.1, 0.15) is 32.3 Å². The second-order valence-electron chi connectivity index (χ2n) is 7.88. The molecule has 1 heterocycles. The third-order valence-corrected chi connectivity index (χ3v) is 5.40. The first-order chi connectivity index (χ1) is 15.7. The van der Waals surface area contributed by atoms with E-state index >= 15 is 0 Å². The number of carbonyl (C=O) groups is 1. The maximum atomic E-state index is 12.5. The zero-order valence-corrected chi connectivity index (χ0v) is 18.6. The van der Waals surface area contributed by atoms with Crippen LogP contribution >= 0.6 is 0 Å². The van der Waals surface area contributed by atoms with Crippen molar-refractivity contribution in [1.29, 1.82) is 0 Å². The second kappa shape index (κ2) is 10.2. The van der Waals surface area contributed by atoms with Gasteiger partial charge in [-0.05, 0) is 53.4 Å². The van der Waals surface area contributed by atoms with E-state index in [2.05, 4.69) is 41.4 Å². The summed E-state index contributed by atoms with van der Waals surface area (Å²) in [7, 11) is 0. The molecule has 0 spiro atoms. The summed E-state index contributed by atoms with van der Waals surface area (Å²) in [5.41, 5.74) is 4.68. The fraction of sp³-hybridized carbons (Fsp3) is 0.308. The van der Waals surface area contributed by atoms with Crippen LogP contribution in [0.15, 0.2) is 65.8 Å². The Balaban J connectivity index is 1.35. The average molecular weight is 432 g/mol. The number of hydrogen-bond donors (Lipinski definition) is 1. The van der Waals surface area contributed by atoms with Gasteiger partial charge in [-0.25, -0.2) is 5.43 Å². The molecule has 1 atom stereocenters. The Kier molecular flexibility index (Phi) is 6.90. The van der Waals surface area contributed by atoms with Crippen LogP contribution < -0.4 is 19.8 Å². The van der Waals surface area contributed by atoms with Gasteiger partial charge in [-0.15, -0.1) is 0 Å². The number of nitrogens with zero attached hydrogens (tertiary/aromatic N) is 2. The van der Waals surface area contributed by atoms with Crippen LogP contribution in [-0.2, 0) is 4.79 Å². The molecule has 1 N–H and O–H groups in total. The lowest BCUT2D eigenvalue weighted by molar-refractivity contribution is -0.130. The van der Waals surface area contributed by atoms with E-state index in [9.17, 15) is 4.79 Å². The third kappa shape index (κ3) is 5.02. The van der Waals surface area contributed by atoms with E-state index in [4.69, 9.17) is 9.47 Å². The van der Waals surface area contributed by atoms with E-state index in [1.54, 1.807) is 6.21 Å². The highest BCUT2D eigenvalue weighted by molar-refractivity contribution is 5.88. The van der Waals surface area contributed by atoms with E-state index in [0.29, 0.717) is 11.5 Å². The molecule has 0 bridgehead atoms. The largest absolute Gasteiger partial charge is 0.485 e. The van der Waals surface area contributed by atoms with Gasteiger partial charge in [0.15, 0.2) is 11.5 Å². The van der Waals surface area contributed by atoms with Crippen molar-refractivity contribution in [2.75, 3.05) is 24.6 Å². The number of nitrogens with one attached hydrogen (secondary N) is 1. The third-order valence-electron chi connectivity index (χ3n) is 5.40. The molecule has 6 heteroatoms. The highest BCUT2D eigenvalue weighted by atomic mass is 16.6. The van der Waals surface area contributed by atoms with Gasteiger partial charge in [0.25, 0.3) is 5.91 Å². The molecule has 0 saturated carbocycles. The highest BCUT2D eigenvalue weighted by Crippen LogP contribution is 2.35. The normalized spacial score (nSPS) is 15.1. The lowest BCUT2D eigenvalue weighted by Crippen LogP contribution is -2.42. The second-order valence-corrected chi connectivity index (χ2v) is 7.88. The van der Waals surface area contributed by atoms with Crippen molar-refractivity contribution >= 4 is 28.6 Å². The summed E-state index contributed by atoms with van der Waals surface area (Å²) in [6.07, 6.45) is 3.11. The molecule has 6 nitrogen and oxygen atoms in total. The summed E-state index contributed by atoms with van der Waals surface area (Å²) in [6, 6.07) is 20.0. The monoisotopic (exact) mass is 431 g/mol. The minimum Gasteiger partial charge on any atom is -0.485 e. The van der Waals surface area contributed by atoms with Crippen molar-refractivity contribution in [3.05, 3.63) is 66.2 Å². The van der Waals surface area contributed by atoms with Crippen molar-refractivity contribution in [3.63, 3.8) is 0 Å². The van der Waals surface area contributed by atoms with Crippen LogP contribution in [0.3, 0.4) is 0 Å². The van der Waals surface area contributed by atoms with Crippen LogP contribution in [0.25, 0.3) is 10.8 Å². The van der Waals surface area contributed by atoms with Gasteiger partial charge in [0, 0.05) is 18.8 Å². The molecule has 3 aromatic rings. The Hall–Kier alpha value is -3.54. The summed E-state index contributed by atoms with van der Waals surface area (Å²) in [4.78, 5) is 14.9. The van der Waals surface area contributed by atoms with Gasteiger partial charge in [-0.3, -0.25) is 4.79 Å². The lowest BCUT2D eigenvalue weighted by atomic mass is 10.1. The fourth-order valence-electron chi connectivity index (χ4n) is 3.81. The summed E-state index contributed by atoms with van der Waals surface area (Å²) in [5.74, 6) is 0.878. The SMILES string of the molecule is CCCN(CCC)c1ccc(C=NNC(=O)C2COc3cc4ccccc4cc3O2)cc1. The number of ether oxygens (including phenoxy) is 2. The molecule has 0 radical (unpaired) electrons. The number of amides is 1. The van der Waals surface area contributed by atoms with E-state index in [1.807, 2.05) is 48.5 Å². The number of rotatable bonds is 8. The first kappa shape index (κ1) is 21.7. The minimum absolute atomic E-state index is 0.145. The van der Waals surface area contributed by atoms with Gasteiger partial charge in [-0.1, -0.05) is 50.2 Å². The van der Waals surface area contributed by atoms with Crippen LogP contribution in [-0.4, -0.2) is 37.9 Å².